The molecule has 0 bridgehead atoms. The zero-order valence-corrected chi connectivity index (χ0v) is 33.5. The summed E-state index contributed by atoms with van der Waals surface area (Å²) < 4.78 is 6.24. The van der Waals surface area contributed by atoms with Crippen LogP contribution in [0.1, 0.15) is 22.3 Å². The van der Waals surface area contributed by atoms with E-state index in [0.717, 1.165) is 49.8 Å². The minimum Gasteiger partial charge on any atom is -0.456 e. The van der Waals surface area contributed by atoms with Crippen LogP contribution >= 0.6 is 0 Å². The first-order valence-corrected chi connectivity index (χ1v) is 21.1. The summed E-state index contributed by atoms with van der Waals surface area (Å²) in [5, 5.41) is 2.08. The van der Waals surface area contributed by atoms with E-state index >= 15 is 0 Å². The summed E-state index contributed by atoms with van der Waals surface area (Å²) >= 11 is 0. The van der Waals surface area contributed by atoms with Gasteiger partial charge in [0, 0.05) is 27.5 Å². The molecule has 2 aliphatic carbocycles. The molecule has 2 heterocycles. The van der Waals surface area contributed by atoms with Gasteiger partial charge in [-0.1, -0.05) is 176 Å². The number of aromatic nitrogens is 3. The Hall–Kier alpha value is -8.21. The molecule has 9 aromatic carbocycles. The third-order valence-corrected chi connectivity index (χ3v) is 13.0. The molecule has 11 aromatic rings. The van der Waals surface area contributed by atoms with Crippen LogP contribution in [0.3, 0.4) is 0 Å². The highest BCUT2D eigenvalue weighted by Crippen LogP contribution is 2.61. The van der Waals surface area contributed by atoms with Crippen LogP contribution in [0.15, 0.2) is 217 Å². The molecule has 0 saturated heterocycles. The summed E-state index contributed by atoms with van der Waals surface area (Å²) in [6.07, 6.45) is 0. The zero-order valence-electron chi connectivity index (χ0n) is 33.5. The summed E-state index contributed by atoms with van der Waals surface area (Å²) in [4.78, 5) is 16.0. The Morgan fingerprint density at radius 3 is 1.39 bits per heavy atom. The van der Waals surface area contributed by atoms with Gasteiger partial charge >= 0.3 is 0 Å². The minimum absolute atomic E-state index is 0.596. The molecule has 4 heteroatoms. The molecule has 1 spiro atoms. The van der Waals surface area contributed by atoms with Crippen molar-refractivity contribution in [2.75, 3.05) is 0 Å². The lowest BCUT2D eigenvalue weighted by Gasteiger charge is -2.35. The highest BCUT2D eigenvalue weighted by Gasteiger charge is 2.49. The Bertz CT molecular complexity index is 3560. The number of para-hydroxylation sites is 1. The fourth-order valence-corrected chi connectivity index (χ4v) is 10.3. The fourth-order valence-electron chi connectivity index (χ4n) is 10.3. The van der Waals surface area contributed by atoms with E-state index in [4.69, 9.17) is 19.4 Å². The van der Waals surface area contributed by atoms with Crippen LogP contribution in [-0.4, -0.2) is 15.0 Å². The van der Waals surface area contributed by atoms with E-state index in [0.29, 0.717) is 17.5 Å². The third-order valence-electron chi connectivity index (χ3n) is 13.0. The molecule has 13 rings (SSSR count). The standard InChI is InChI=1S/C58H35N3O/c1-2-15-36(16-3-1)37-17-14-18-38(33-37)55-59-56(39-30-32-54-48(34-39)47-24-9-13-28-53(47)62-54)61-57(60-55)40-29-31-46-42-20-5-4-19-41(42)43-21-6-10-25-49(43)58(52(46)35-40)50-26-11-7-22-44(50)45-23-8-12-27-51(45)58/h1-35H. The van der Waals surface area contributed by atoms with Crippen molar-refractivity contribution in [3.63, 3.8) is 0 Å². The lowest BCUT2D eigenvalue weighted by molar-refractivity contribution is 0.669. The molecule has 0 unspecified atom stereocenters. The van der Waals surface area contributed by atoms with E-state index in [2.05, 4.69) is 182 Å². The van der Waals surface area contributed by atoms with Gasteiger partial charge in [0.05, 0.1) is 5.41 Å². The number of nitrogens with zero attached hydrogens (tertiary/aromatic N) is 3. The Morgan fingerprint density at radius 1 is 0.274 bits per heavy atom. The molecule has 0 atom stereocenters. The first kappa shape index (κ1) is 34.6. The summed E-state index contributed by atoms with van der Waals surface area (Å²) in [6, 6.07) is 75.9. The topological polar surface area (TPSA) is 51.8 Å². The highest BCUT2D eigenvalue weighted by molar-refractivity contribution is 6.06. The maximum atomic E-state index is 6.24. The number of hydrogen-bond acceptors (Lipinski definition) is 4. The molecule has 0 saturated carbocycles. The molecular weight excluding hydrogens is 755 g/mol. The van der Waals surface area contributed by atoms with Gasteiger partial charge in [-0.3, -0.25) is 0 Å². The molecule has 2 aromatic heterocycles. The second kappa shape index (κ2) is 13.4. The van der Waals surface area contributed by atoms with Crippen LogP contribution in [0, 0.1) is 0 Å². The molecule has 288 valence electrons. The van der Waals surface area contributed by atoms with Crippen molar-refractivity contribution in [3.05, 3.63) is 235 Å². The first-order chi connectivity index (χ1) is 30.7. The van der Waals surface area contributed by atoms with Gasteiger partial charge in [-0.15, -0.1) is 0 Å². The monoisotopic (exact) mass is 789 g/mol. The number of benzene rings is 9. The quantitative estimate of drug-likeness (QED) is 0.178. The summed E-state index contributed by atoms with van der Waals surface area (Å²) in [5.74, 6) is 1.81. The summed E-state index contributed by atoms with van der Waals surface area (Å²) in [5.41, 5.74) is 18.4. The SMILES string of the molecule is c1ccc(-c2cccc(-c3nc(-c4ccc5c(c4)C4(c6ccccc6-c6ccccc6-5)c5ccccc5-c5ccccc54)nc(-c4ccc5oc6ccccc6c5c4)n3)c2)cc1. The number of furan rings is 1. The van der Waals surface area contributed by atoms with Gasteiger partial charge in [0.25, 0.3) is 0 Å². The molecule has 0 fully saturated rings. The predicted molar refractivity (Wildman–Crippen MR) is 251 cm³/mol. The van der Waals surface area contributed by atoms with Crippen molar-refractivity contribution in [1.82, 2.24) is 15.0 Å². The van der Waals surface area contributed by atoms with Crippen molar-refractivity contribution < 1.29 is 4.42 Å². The zero-order chi connectivity index (χ0) is 40.8. The largest absolute Gasteiger partial charge is 0.456 e. The van der Waals surface area contributed by atoms with Gasteiger partial charge in [-0.2, -0.15) is 0 Å². The molecule has 2 aliphatic rings. The van der Waals surface area contributed by atoms with Gasteiger partial charge < -0.3 is 4.42 Å². The van der Waals surface area contributed by atoms with Gasteiger partial charge in [0.2, 0.25) is 0 Å². The van der Waals surface area contributed by atoms with Crippen molar-refractivity contribution in [3.8, 4) is 78.7 Å². The van der Waals surface area contributed by atoms with Crippen LogP contribution in [0.2, 0.25) is 0 Å². The molecule has 4 nitrogen and oxygen atoms in total. The van der Waals surface area contributed by atoms with Crippen LogP contribution in [0.4, 0.5) is 0 Å². The Kier molecular flexibility index (Phi) is 7.49. The number of rotatable bonds is 4. The van der Waals surface area contributed by atoms with Crippen molar-refractivity contribution in [1.29, 1.82) is 0 Å². The van der Waals surface area contributed by atoms with E-state index in [1.165, 1.54) is 55.6 Å². The molecular formula is C58H35N3O. The average molecular weight is 790 g/mol. The number of fused-ring (bicyclic) bond motifs is 15. The van der Waals surface area contributed by atoms with Gasteiger partial charge in [-0.05, 0) is 103 Å². The van der Waals surface area contributed by atoms with Gasteiger partial charge in [0.15, 0.2) is 17.5 Å². The number of hydrogen-bond donors (Lipinski definition) is 0. The fraction of sp³-hybridized carbons (Fsp3) is 0.0172. The van der Waals surface area contributed by atoms with Crippen LogP contribution in [0.25, 0.3) is 101 Å². The second-order valence-electron chi connectivity index (χ2n) is 16.3. The molecule has 0 aliphatic heterocycles. The Labute approximate surface area is 358 Å². The molecule has 0 amide bonds. The van der Waals surface area contributed by atoms with Crippen molar-refractivity contribution in [2.24, 2.45) is 0 Å². The Morgan fingerprint density at radius 2 is 0.726 bits per heavy atom. The van der Waals surface area contributed by atoms with E-state index in [1.54, 1.807) is 0 Å². The third kappa shape index (κ3) is 5.04. The summed E-state index contributed by atoms with van der Waals surface area (Å²) in [6.45, 7) is 0. The van der Waals surface area contributed by atoms with Crippen LogP contribution in [-0.2, 0) is 5.41 Å². The normalized spacial score (nSPS) is 13.0. The van der Waals surface area contributed by atoms with Crippen LogP contribution < -0.4 is 0 Å². The maximum Gasteiger partial charge on any atom is 0.164 e. The lowest BCUT2D eigenvalue weighted by atomic mass is 9.65. The highest BCUT2D eigenvalue weighted by atomic mass is 16.3. The van der Waals surface area contributed by atoms with E-state index in [9.17, 15) is 0 Å². The van der Waals surface area contributed by atoms with E-state index < -0.39 is 5.41 Å². The van der Waals surface area contributed by atoms with Gasteiger partial charge in [0.1, 0.15) is 11.2 Å². The van der Waals surface area contributed by atoms with Gasteiger partial charge in [-0.25, -0.2) is 15.0 Å². The maximum absolute atomic E-state index is 6.24. The van der Waals surface area contributed by atoms with E-state index in [-0.39, 0.29) is 0 Å². The smallest absolute Gasteiger partial charge is 0.164 e. The molecule has 0 N–H and O–H groups in total. The lowest BCUT2D eigenvalue weighted by Crippen LogP contribution is -2.29. The van der Waals surface area contributed by atoms with E-state index in [1.807, 2.05) is 30.3 Å². The molecule has 62 heavy (non-hydrogen) atoms. The average Bonchev–Trinajstić information content (AvgIpc) is 3.84. The van der Waals surface area contributed by atoms with Crippen molar-refractivity contribution in [2.45, 2.75) is 5.41 Å². The summed E-state index contributed by atoms with van der Waals surface area (Å²) in [7, 11) is 0. The Balaban J connectivity index is 1.09. The predicted octanol–water partition coefficient (Wildman–Crippen LogP) is 14.4. The molecule has 0 radical (unpaired) electrons. The minimum atomic E-state index is -0.621. The second-order valence-corrected chi connectivity index (χ2v) is 16.3. The van der Waals surface area contributed by atoms with Crippen LogP contribution in [0.5, 0.6) is 0 Å². The first-order valence-electron chi connectivity index (χ1n) is 21.1. The van der Waals surface area contributed by atoms with Crippen molar-refractivity contribution >= 4 is 21.9 Å².